The Morgan fingerprint density at radius 3 is 2.38 bits per heavy atom. The maximum Gasteiger partial charge on any atom is 0.274 e. The molecule has 5 nitrogen and oxygen atoms in total. The number of carbonyl (C=O) groups is 1. The van der Waals surface area contributed by atoms with Crippen LogP contribution in [0.4, 0.5) is 5.82 Å². The molecule has 0 atom stereocenters. The lowest BCUT2D eigenvalue weighted by molar-refractivity contribution is 0.0690. The predicted molar refractivity (Wildman–Crippen MR) is 104 cm³/mol. The second-order valence-electron chi connectivity index (χ2n) is 7.46. The van der Waals surface area contributed by atoms with E-state index in [1.807, 2.05) is 35.2 Å². The van der Waals surface area contributed by atoms with E-state index >= 15 is 0 Å². The van der Waals surface area contributed by atoms with Crippen LogP contribution < -0.4 is 4.90 Å². The summed E-state index contributed by atoms with van der Waals surface area (Å²) in [5.41, 5.74) is 1.66. The number of amides is 1. The molecule has 1 saturated heterocycles. The number of likely N-dealkylation sites (tertiary alicyclic amines) is 1. The molecule has 0 aliphatic carbocycles. The minimum absolute atomic E-state index is 0.00453. The number of piperidine rings is 1. The molecule has 1 aliphatic rings. The normalized spacial score (nSPS) is 15.3. The molecule has 138 valence electrons. The van der Waals surface area contributed by atoms with Crippen LogP contribution >= 0.6 is 0 Å². The van der Waals surface area contributed by atoms with Gasteiger partial charge in [0.2, 0.25) is 0 Å². The average molecular weight is 352 g/mol. The molecular weight excluding hydrogens is 324 g/mol. The Morgan fingerprint density at radius 2 is 1.81 bits per heavy atom. The highest BCUT2D eigenvalue weighted by molar-refractivity contribution is 5.92. The van der Waals surface area contributed by atoms with Crippen LogP contribution in [0.25, 0.3) is 0 Å². The van der Waals surface area contributed by atoms with Gasteiger partial charge in [0.15, 0.2) is 11.5 Å². The number of hydrogen-bond donors (Lipinski definition) is 0. The highest BCUT2D eigenvalue weighted by Gasteiger charge is 2.23. The fourth-order valence-electron chi connectivity index (χ4n) is 3.27. The molecule has 0 N–H and O–H groups in total. The second-order valence-corrected chi connectivity index (χ2v) is 7.46. The molecule has 1 aromatic carbocycles. The molecule has 2 aromatic rings. The van der Waals surface area contributed by atoms with Crippen LogP contribution in [0.15, 0.2) is 42.5 Å². The summed E-state index contributed by atoms with van der Waals surface area (Å²) in [6, 6.07) is 14.3. The molecule has 0 bridgehead atoms. The largest absolute Gasteiger partial charge is 0.348 e. The highest BCUT2D eigenvalue weighted by atomic mass is 16.2. The Labute approximate surface area is 156 Å². The highest BCUT2D eigenvalue weighted by Crippen LogP contribution is 2.20. The Kier molecular flexibility index (Phi) is 5.86. The zero-order chi connectivity index (χ0) is 18.5. The number of anilines is 1. The van der Waals surface area contributed by atoms with Gasteiger partial charge in [-0.25, -0.2) is 0 Å². The first kappa shape index (κ1) is 18.4. The lowest BCUT2D eigenvalue weighted by Gasteiger charge is -2.30. The number of nitrogens with zero attached hydrogens (tertiary/aromatic N) is 4. The molecule has 0 unspecified atom stereocenters. The van der Waals surface area contributed by atoms with Gasteiger partial charge < -0.3 is 9.80 Å². The molecular formula is C21H28N4O. The molecule has 2 heterocycles. The summed E-state index contributed by atoms with van der Waals surface area (Å²) in [5.74, 6) is 1.49. The zero-order valence-electron chi connectivity index (χ0n) is 15.9. The van der Waals surface area contributed by atoms with Crippen LogP contribution in [-0.2, 0) is 6.54 Å². The number of benzene rings is 1. The third kappa shape index (κ3) is 4.40. The van der Waals surface area contributed by atoms with Gasteiger partial charge in [-0.15, -0.1) is 10.2 Å². The molecule has 5 heteroatoms. The summed E-state index contributed by atoms with van der Waals surface area (Å²) in [5, 5.41) is 8.59. The lowest BCUT2D eigenvalue weighted by Crippen LogP contribution is -2.38. The molecule has 1 amide bonds. The predicted octanol–water partition coefficient (Wildman–Crippen LogP) is 3.76. The van der Waals surface area contributed by atoms with Gasteiger partial charge in [-0.2, -0.15) is 0 Å². The zero-order valence-corrected chi connectivity index (χ0v) is 15.9. The van der Waals surface area contributed by atoms with Crippen molar-refractivity contribution in [3.05, 3.63) is 53.7 Å². The van der Waals surface area contributed by atoms with Crippen LogP contribution in [-0.4, -0.2) is 40.1 Å². The van der Waals surface area contributed by atoms with E-state index in [2.05, 4.69) is 48.0 Å². The Morgan fingerprint density at radius 1 is 1.12 bits per heavy atom. The Bertz CT molecular complexity index is 707. The van der Waals surface area contributed by atoms with Crippen molar-refractivity contribution in [1.82, 2.24) is 15.1 Å². The Balaban J connectivity index is 1.71. The van der Waals surface area contributed by atoms with Gasteiger partial charge in [-0.3, -0.25) is 4.79 Å². The topological polar surface area (TPSA) is 49.3 Å². The first-order valence-electron chi connectivity index (χ1n) is 9.48. The van der Waals surface area contributed by atoms with E-state index in [0.717, 1.165) is 38.3 Å². The third-order valence-electron chi connectivity index (χ3n) is 5.05. The summed E-state index contributed by atoms with van der Waals surface area (Å²) in [7, 11) is 0. The molecule has 0 radical (unpaired) electrons. The van der Waals surface area contributed by atoms with Gasteiger partial charge in [0.25, 0.3) is 5.91 Å². The van der Waals surface area contributed by atoms with Crippen molar-refractivity contribution < 1.29 is 4.79 Å². The van der Waals surface area contributed by atoms with Crippen LogP contribution in [0.5, 0.6) is 0 Å². The van der Waals surface area contributed by atoms with Crippen molar-refractivity contribution in [3.8, 4) is 0 Å². The quantitative estimate of drug-likeness (QED) is 0.822. The van der Waals surface area contributed by atoms with Crippen molar-refractivity contribution in [2.75, 3.05) is 18.0 Å². The first-order valence-corrected chi connectivity index (χ1v) is 9.48. The fraction of sp³-hybridized carbons (Fsp3) is 0.476. The van der Waals surface area contributed by atoms with Crippen LogP contribution in [0, 0.1) is 5.92 Å². The second kappa shape index (κ2) is 8.30. The molecule has 0 spiro atoms. The van der Waals surface area contributed by atoms with Crippen molar-refractivity contribution in [2.24, 2.45) is 5.92 Å². The number of aromatic nitrogens is 2. The van der Waals surface area contributed by atoms with E-state index in [1.165, 1.54) is 5.56 Å². The summed E-state index contributed by atoms with van der Waals surface area (Å²) < 4.78 is 0. The smallest absolute Gasteiger partial charge is 0.274 e. The number of hydrogen-bond acceptors (Lipinski definition) is 4. The summed E-state index contributed by atoms with van der Waals surface area (Å²) >= 11 is 0. The monoisotopic (exact) mass is 352 g/mol. The lowest BCUT2D eigenvalue weighted by atomic mass is 9.99. The maximum atomic E-state index is 12.6. The molecule has 1 aliphatic heterocycles. The summed E-state index contributed by atoms with van der Waals surface area (Å²) in [6.07, 6.45) is 2.13. The molecule has 3 rings (SSSR count). The van der Waals surface area contributed by atoms with Gasteiger partial charge in [0.05, 0.1) is 0 Å². The van der Waals surface area contributed by atoms with E-state index in [4.69, 9.17) is 0 Å². The van der Waals surface area contributed by atoms with Crippen molar-refractivity contribution in [3.63, 3.8) is 0 Å². The van der Waals surface area contributed by atoms with Gasteiger partial charge in [0.1, 0.15) is 0 Å². The van der Waals surface area contributed by atoms with Crippen LogP contribution in [0.2, 0.25) is 0 Å². The van der Waals surface area contributed by atoms with E-state index in [1.54, 1.807) is 0 Å². The van der Waals surface area contributed by atoms with Crippen molar-refractivity contribution >= 4 is 11.7 Å². The van der Waals surface area contributed by atoms with E-state index in [0.29, 0.717) is 11.6 Å². The van der Waals surface area contributed by atoms with Crippen molar-refractivity contribution in [2.45, 2.75) is 46.2 Å². The average Bonchev–Trinajstić information content (AvgIpc) is 2.67. The minimum Gasteiger partial charge on any atom is -0.348 e. The maximum absolute atomic E-state index is 12.6. The van der Waals surface area contributed by atoms with Crippen LogP contribution in [0.1, 0.15) is 49.7 Å². The molecule has 1 aromatic heterocycles. The van der Waals surface area contributed by atoms with Crippen LogP contribution in [0.3, 0.4) is 0 Å². The van der Waals surface area contributed by atoms with Gasteiger partial charge in [-0.1, -0.05) is 37.3 Å². The molecule has 1 fully saturated rings. The SMILES string of the molecule is CC1CCN(C(=O)c2ccc(N(Cc3ccccc3)C(C)C)nn2)CC1. The summed E-state index contributed by atoms with van der Waals surface area (Å²) in [6.45, 7) is 8.91. The van der Waals surface area contributed by atoms with E-state index < -0.39 is 0 Å². The standard InChI is InChI=1S/C21H28N4O/c1-16(2)25(15-18-7-5-4-6-8-18)20-10-9-19(22-23-20)21(26)24-13-11-17(3)12-14-24/h4-10,16-17H,11-15H2,1-3H3. The molecule has 26 heavy (non-hydrogen) atoms. The number of rotatable bonds is 5. The Hall–Kier alpha value is -2.43. The van der Waals surface area contributed by atoms with Gasteiger partial charge in [-0.05, 0) is 50.3 Å². The van der Waals surface area contributed by atoms with Crippen molar-refractivity contribution in [1.29, 1.82) is 0 Å². The third-order valence-corrected chi connectivity index (χ3v) is 5.05. The van der Waals surface area contributed by atoms with E-state index in [-0.39, 0.29) is 11.9 Å². The minimum atomic E-state index is -0.00453. The fourth-order valence-corrected chi connectivity index (χ4v) is 3.27. The van der Waals surface area contributed by atoms with E-state index in [9.17, 15) is 4.79 Å². The van der Waals surface area contributed by atoms with Gasteiger partial charge >= 0.3 is 0 Å². The first-order chi connectivity index (χ1) is 12.5. The number of carbonyl (C=O) groups excluding carboxylic acids is 1. The molecule has 0 saturated carbocycles. The summed E-state index contributed by atoms with van der Waals surface area (Å²) in [4.78, 5) is 16.7. The van der Waals surface area contributed by atoms with Gasteiger partial charge in [0, 0.05) is 25.7 Å².